The number of carbonyl (C=O) groups is 1. The number of Topliss-reactive ketones (excluding diaryl/α,β-unsaturated/α-hetero) is 1. The Morgan fingerprint density at radius 1 is 1.33 bits per heavy atom. The fourth-order valence-corrected chi connectivity index (χ4v) is 3.19. The van der Waals surface area contributed by atoms with Crippen molar-refractivity contribution in [1.82, 2.24) is 0 Å². The zero-order valence-corrected chi connectivity index (χ0v) is 12.3. The summed E-state index contributed by atoms with van der Waals surface area (Å²) in [5, 5.41) is 0. The number of halogens is 1. The standard InChI is InChI=1S/C15H19BrO2/c1-18-12-7-8-13(14(16)10-12)15(17)9-11-5-3-2-4-6-11/h7-8,10-11H,2-6,9H2,1H3. The Morgan fingerprint density at radius 2 is 2.06 bits per heavy atom. The first-order valence-electron chi connectivity index (χ1n) is 6.57. The predicted octanol–water partition coefficient (Wildman–Crippen LogP) is 4.61. The van der Waals surface area contributed by atoms with Crippen LogP contribution in [0.4, 0.5) is 0 Å². The van der Waals surface area contributed by atoms with E-state index in [2.05, 4.69) is 15.9 Å². The third-order valence-electron chi connectivity index (χ3n) is 3.68. The normalized spacial score (nSPS) is 16.6. The fraction of sp³-hybridized carbons (Fsp3) is 0.533. The van der Waals surface area contributed by atoms with Crippen LogP contribution in [0.5, 0.6) is 5.75 Å². The molecular weight excluding hydrogens is 292 g/mol. The number of benzene rings is 1. The number of hydrogen-bond donors (Lipinski definition) is 0. The van der Waals surface area contributed by atoms with Gasteiger partial charge in [0.2, 0.25) is 0 Å². The van der Waals surface area contributed by atoms with Crippen LogP contribution in [-0.2, 0) is 0 Å². The third kappa shape index (κ3) is 3.35. The van der Waals surface area contributed by atoms with Gasteiger partial charge in [0.1, 0.15) is 5.75 Å². The summed E-state index contributed by atoms with van der Waals surface area (Å²) in [6.07, 6.45) is 6.99. The second-order valence-corrected chi connectivity index (χ2v) is 5.83. The molecule has 0 bridgehead atoms. The molecule has 0 N–H and O–H groups in total. The summed E-state index contributed by atoms with van der Waals surface area (Å²) in [4.78, 5) is 12.3. The molecule has 2 nitrogen and oxygen atoms in total. The smallest absolute Gasteiger partial charge is 0.164 e. The maximum absolute atomic E-state index is 12.3. The minimum Gasteiger partial charge on any atom is -0.497 e. The molecular formula is C15H19BrO2. The molecule has 3 heteroatoms. The summed E-state index contributed by atoms with van der Waals surface area (Å²) in [5.41, 5.74) is 0.779. The van der Waals surface area contributed by atoms with Gasteiger partial charge in [-0.3, -0.25) is 4.79 Å². The monoisotopic (exact) mass is 310 g/mol. The van der Waals surface area contributed by atoms with E-state index >= 15 is 0 Å². The van der Waals surface area contributed by atoms with Crippen LogP contribution in [0.1, 0.15) is 48.9 Å². The van der Waals surface area contributed by atoms with Crippen LogP contribution in [0.25, 0.3) is 0 Å². The van der Waals surface area contributed by atoms with Gasteiger partial charge in [-0.15, -0.1) is 0 Å². The summed E-state index contributed by atoms with van der Waals surface area (Å²) >= 11 is 3.45. The molecule has 18 heavy (non-hydrogen) atoms. The Kier molecular flexibility index (Phi) is 4.81. The highest BCUT2D eigenvalue weighted by Crippen LogP contribution is 2.30. The highest BCUT2D eigenvalue weighted by atomic mass is 79.9. The van der Waals surface area contributed by atoms with Crippen LogP contribution in [-0.4, -0.2) is 12.9 Å². The number of methoxy groups -OCH3 is 1. The zero-order chi connectivity index (χ0) is 13.0. The number of carbonyl (C=O) groups excluding carboxylic acids is 1. The summed E-state index contributed by atoms with van der Waals surface area (Å²) in [6, 6.07) is 5.56. The van der Waals surface area contributed by atoms with E-state index in [0.29, 0.717) is 12.3 Å². The molecule has 0 aromatic heterocycles. The molecule has 2 rings (SSSR count). The average molecular weight is 311 g/mol. The molecule has 0 amide bonds. The first kappa shape index (κ1) is 13.6. The van der Waals surface area contributed by atoms with E-state index in [4.69, 9.17) is 4.74 Å². The summed E-state index contributed by atoms with van der Waals surface area (Å²) in [6.45, 7) is 0. The number of ether oxygens (including phenoxy) is 1. The molecule has 98 valence electrons. The first-order valence-corrected chi connectivity index (χ1v) is 7.36. The van der Waals surface area contributed by atoms with E-state index < -0.39 is 0 Å². The molecule has 1 aliphatic rings. The molecule has 1 aromatic rings. The zero-order valence-electron chi connectivity index (χ0n) is 10.7. The highest BCUT2D eigenvalue weighted by molar-refractivity contribution is 9.10. The van der Waals surface area contributed by atoms with Gasteiger partial charge in [-0.2, -0.15) is 0 Å². The second-order valence-electron chi connectivity index (χ2n) is 4.98. The van der Waals surface area contributed by atoms with Crippen molar-refractivity contribution >= 4 is 21.7 Å². The predicted molar refractivity (Wildman–Crippen MR) is 76.2 cm³/mol. The third-order valence-corrected chi connectivity index (χ3v) is 4.33. The van der Waals surface area contributed by atoms with Crippen molar-refractivity contribution in [2.24, 2.45) is 5.92 Å². The van der Waals surface area contributed by atoms with E-state index in [-0.39, 0.29) is 5.78 Å². The average Bonchev–Trinajstić information content (AvgIpc) is 2.39. The maximum atomic E-state index is 12.3. The first-order chi connectivity index (χ1) is 8.70. The lowest BCUT2D eigenvalue weighted by molar-refractivity contribution is 0.0949. The Morgan fingerprint density at radius 3 is 2.67 bits per heavy atom. The number of ketones is 1. The Labute approximate surface area is 117 Å². The molecule has 1 fully saturated rings. The summed E-state index contributed by atoms with van der Waals surface area (Å²) in [5.74, 6) is 1.60. The van der Waals surface area contributed by atoms with Gasteiger partial charge in [0.25, 0.3) is 0 Å². The molecule has 0 spiro atoms. The van der Waals surface area contributed by atoms with Gasteiger partial charge in [0.15, 0.2) is 5.78 Å². The van der Waals surface area contributed by atoms with E-state index in [1.54, 1.807) is 7.11 Å². The van der Waals surface area contributed by atoms with Gasteiger partial charge in [0, 0.05) is 16.5 Å². The topological polar surface area (TPSA) is 26.3 Å². The van der Waals surface area contributed by atoms with Crippen LogP contribution in [0, 0.1) is 5.92 Å². The molecule has 1 aliphatic carbocycles. The van der Waals surface area contributed by atoms with Crippen molar-refractivity contribution in [3.63, 3.8) is 0 Å². The molecule has 0 heterocycles. The van der Waals surface area contributed by atoms with Crippen LogP contribution < -0.4 is 4.74 Å². The highest BCUT2D eigenvalue weighted by Gasteiger charge is 2.19. The van der Waals surface area contributed by atoms with Crippen molar-refractivity contribution in [3.8, 4) is 5.75 Å². The van der Waals surface area contributed by atoms with E-state index in [1.807, 2.05) is 18.2 Å². The van der Waals surface area contributed by atoms with Crippen LogP contribution in [0.15, 0.2) is 22.7 Å². The van der Waals surface area contributed by atoms with Crippen molar-refractivity contribution in [3.05, 3.63) is 28.2 Å². The minimum atomic E-state index is 0.247. The lowest BCUT2D eigenvalue weighted by Crippen LogP contribution is -2.12. The lowest BCUT2D eigenvalue weighted by atomic mass is 9.85. The molecule has 0 atom stereocenters. The van der Waals surface area contributed by atoms with Gasteiger partial charge in [-0.1, -0.05) is 32.1 Å². The molecule has 0 radical (unpaired) electrons. The number of hydrogen-bond acceptors (Lipinski definition) is 2. The second kappa shape index (κ2) is 6.37. The number of rotatable bonds is 4. The summed E-state index contributed by atoms with van der Waals surface area (Å²) in [7, 11) is 1.63. The largest absolute Gasteiger partial charge is 0.497 e. The minimum absolute atomic E-state index is 0.247. The van der Waals surface area contributed by atoms with E-state index in [1.165, 1.54) is 32.1 Å². The molecule has 1 saturated carbocycles. The van der Waals surface area contributed by atoms with Gasteiger partial charge in [0.05, 0.1) is 7.11 Å². The van der Waals surface area contributed by atoms with Gasteiger partial charge >= 0.3 is 0 Å². The molecule has 0 unspecified atom stereocenters. The lowest BCUT2D eigenvalue weighted by Gasteiger charge is -2.20. The van der Waals surface area contributed by atoms with Crippen molar-refractivity contribution < 1.29 is 9.53 Å². The summed E-state index contributed by atoms with van der Waals surface area (Å²) < 4.78 is 5.97. The Balaban J connectivity index is 2.03. The van der Waals surface area contributed by atoms with Gasteiger partial charge in [-0.05, 0) is 40.0 Å². The van der Waals surface area contributed by atoms with Crippen molar-refractivity contribution in [2.75, 3.05) is 7.11 Å². The van der Waals surface area contributed by atoms with Crippen LogP contribution in [0.2, 0.25) is 0 Å². The molecule has 0 aliphatic heterocycles. The molecule has 1 aromatic carbocycles. The van der Waals surface area contributed by atoms with Crippen LogP contribution >= 0.6 is 15.9 Å². The van der Waals surface area contributed by atoms with Gasteiger partial charge in [-0.25, -0.2) is 0 Å². The Hall–Kier alpha value is -0.830. The van der Waals surface area contributed by atoms with E-state index in [9.17, 15) is 4.79 Å². The quantitative estimate of drug-likeness (QED) is 0.759. The van der Waals surface area contributed by atoms with Crippen molar-refractivity contribution in [1.29, 1.82) is 0 Å². The fourth-order valence-electron chi connectivity index (χ4n) is 2.61. The Bertz CT molecular complexity index is 423. The maximum Gasteiger partial charge on any atom is 0.164 e. The van der Waals surface area contributed by atoms with E-state index in [0.717, 1.165) is 15.8 Å². The SMILES string of the molecule is COc1ccc(C(=O)CC2CCCCC2)c(Br)c1. The van der Waals surface area contributed by atoms with Crippen molar-refractivity contribution in [2.45, 2.75) is 38.5 Å². The molecule has 0 saturated heterocycles. The van der Waals surface area contributed by atoms with Gasteiger partial charge < -0.3 is 4.74 Å². The van der Waals surface area contributed by atoms with Crippen LogP contribution in [0.3, 0.4) is 0 Å².